The molecule has 4 rings (SSSR count). The summed E-state index contributed by atoms with van der Waals surface area (Å²) >= 11 is 0. The van der Waals surface area contributed by atoms with E-state index in [0.717, 1.165) is 11.1 Å². The number of carbonyl (C=O) groups excluding carboxylic acids is 1. The first-order chi connectivity index (χ1) is 14.0. The van der Waals surface area contributed by atoms with E-state index in [1.54, 1.807) is 19.1 Å². The lowest BCUT2D eigenvalue weighted by Gasteiger charge is -2.07. The minimum Gasteiger partial charge on any atom is -0.350 e. The van der Waals surface area contributed by atoms with Gasteiger partial charge in [-0.05, 0) is 44.2 Å². The Morgan fingerprint density at radius 3 is 2.59 bits per heavy atom. The van der Waals surface area contributed by atoms with Crippen LogP contribution in [-0.2, 0) is 0 Å². The molecule has 0 unspecified atom stereocenters. The van der Waals surface area contributed by atoms with Gasteiger partial charge in [0.15, 0.2) is 0 Å². The first-order valence-corrected chi connectivity index (χ1v) is 8.94. The standard InChI is InChI=1S/C21H17FN4O3/c1-12-4-3-5-15(10-12)19-24-21(29-26-19)13(2)23-20(27)18-11-17(25-28-18)14-6-8-16(22)9-7-14/h3-11,13H,1-2H3,(H,23,27)/t13-/m0/s1. The van der Waals surface area contributed by atoms with Crippen molar-refractivity contribution in [3.8, 4) is 22.6 Å². The average Bonchev–Trinajstić information content (AvgIpc) is 3.39. The third kappa shape index (κ3) is 4.06. The maximum Gasteiger partial charge on any atom is 0.290 e. The van der Waals surface area contributed by atoms with Crippen molar-refractivity contribution >= 4 is 5.91 Å². The molecule has 0 aliphatic heterocycles. The number of halogens is 1. The molecule has 1 amide bonds. The molecule has 1 atom stereocenters. The monoisotopic (exact) mass is 392 g/mol. The van der Waals surface area contributed by atoms with E-state index in [2.05, 4.69) is 20.6 Å². The second kappa shape index (κ2) is 7.67. The maximum absolute atomic E-state index is 13.0. The van der Waals surface area contributed by atoms with Gasteiger partial charge in [-0.2, -0.15) is 4.98 Å². The van der Waals surface area contributed by atoms with Crippen LogP contribution < -0.4 is 5.32 Å². The molecule has 8 heteroatoms. The van der Waals surface area contributed by atoms with Crippen molar-refractivity contribution in [1.29, 1.82) is 0 Å². The lowest BCUT2D eigenvalue weighted by Crippen LogP contribution is -2.26. The minimum atomic E-state index is -0.534. The molecule has 0 saturated carbocycles. The van der Waals surface area contributed by atoms with Gasteiger partial charge in [0.05, 0.1) is 0 Å². The predicted octanol–water partition coefficient (Wildman–Crippen LogP) is 4.33. The van der Waals surface area contributed by atoms with Crippen LogP contribution in [0.3, 0.4) is 0 Å². The Bertz CT molecular complexity index is 1150. The van der Waals surface area contributed by atoms with Gasteiger partial charge in [0.2, 0.25) is 17.5 Å². The smallest absolute Gasteiger partial charge is 0.290 e. The molecule has 7 nitrogen and oxygen atoms in total. The number of carbonyl (C=O) groups is 1. The molecule has 1 N–H and O–H groups in total. The summed E-state index contributed by atoms with van der Waals surface area (Å²) < 4.78 is 23.4. The fourth-order valence-corrected chi connectivity index (χ4v) is 2.78. The molecule has 0 bridgehead atoms. The summed E-state index contributed by atoms with van der Waals surface area (Å²) in [5, 5.41) is 10.6. The summed E-state index contributed by atoms with van der Waals surface area (Å²) in [4.78, 5) is 16.8. The van der Waals surface area contributed by atoms with Crippen molar-refractivity contribution in [2.24, 2.45) is 0 Å². The van der Waals surface area contributed by atoms with Gasteiger partial charge >= 0.3 is 0 Å². The van der Waals surface area contributed by atoms with Crippen LogP contribution in [0.1, 0.15) is 35.0 Å². The molecule has 0 radical (unpaired) electrons. The van der Waals surface area contributed by atoms with Crippen LogP contribution in [0.4, 0.5) is 4.39 Å². The molecule has 0 spiro atoms. The number of hydrogen-bond acceptors (Lipinski definition) is 6. The highest BCUT2D eigenvalue weighted by Crippen LogP contribution is 2.22. The average molecular weight is 392 g/mol. The van der Waals surface area contributed by atoms with Gasteiger partial charge in [-0.15, -0.1) is 0 Å². The van der Waals surface area contributed by atoms with Gasteiger partial charge in [0.25, 0.3) is 5.91 Å². The maximum atomic E-state index is 13.0. The second-order valence-corrected chi connectivity index (χ2v) is 6.60. The Balaban J connectivity index is 1.45. The minimum absolute atomic E-state index is 0.0228. The Hall–Kier alpha value is -3.81. The molecule has 0 aliphatic carbocycles. The molecule has 0 aliphatic rings. The zero-order valence-electron chi connectivity index (χ0n) is 15.7. The van der Waals surface area contributed by atoms with Crippen molar-refractivity contribution in [2.45, 2.75) is 19.9 Å². The third-order valence-corrected chi connectivity index (χ3v) is 4.31. The lowest BCUT2D eigenvalue weighted by molar-refractivity contribution is 0.0895. The quantitative estimate of drug-likeness (QED) is 0.543. The SMILES string of the molecule is Cc1cccc(-c2noc([C@H](C)NC(=O)c3cc(-c4ccc(F)cc4)no3)n2)c1. The Morgan fingerprint density at radius 2 is 1.83 bits per heavy atom. The fraction of sp³-hybridized carbons (Fsp3) is 0.143. The molecule has 4 aromatic rings. The Morgan fingerprint density at radius 1 is 1.03 bits per heavy atom. The van der Waals surface area contributed by atoms with Crippen LogP contribution >= 0.6 is 0 Å². The highest BCUT2D eigenvalue weighted by atomic mass is 19.1. The Labute approximate surface area is 165 Å². The van der Waals surface area contributed by atoms with E-state index in [4.69, 9.17) is 9.05 Å². The highest BCUT2D eigenvalue weighted by molar-refractivity contribution is 5.92. The van der Waals surface area contributed by atoms with Crippen LogP contribution in [0, 0.1) is 12.7 Å². The summed E-state index contributed by atoms with van der Waals surface area (Å²) in [5.41, 5.74) is 2.99. The van der Waals surface area contributed by atoms with E-state index >= 15 is 0 Å². The molecule has 2 aromatic heterocycles. The van der Waals surface area contributed by atoms with Crippen LogP contribution in [0.15, 0.2) is 63.6 Å². The summed E-state index contributed by atoms with van der Waals surface area (Å²) in [6, 6.07) is 14.4. The number of amides is 1. The van der Waals surface area contributed by atoms with Crippen molar-refractivity contribution < 1.29 is 18.2 Å². The first-order valence-electron chi connectivity index (χ1n) is 8.94. The van der Waals surface area contributed by atoms with Gasteiger partial charge in [0, 0.05) is 17.2 Å². The van der Waals surface area contributed by atoms with E-state index in [1.807, 2.05) is 31.2 Å². The normalized spacial score (nSPS) is 12.0. The van der Waals surface area contributed by atoms with Crippen molar-refractivity contribution in [2.75, 3.05) is 0 Å². The van der Waals surface area contributed by atoms with E-state index < -0.39 is 11.9 Å². The number of nitrogens with zero attached hydrogens (tertiary/aromatic N) is 3. The molecule has 0 saturated heterocycles. The van der Waals surface area contributed by atoms with Gasteiger partial charge in [-0.25, -0.2) is 4.39 Å². The van der Waals surface area contributed by atoms with Crippen LogP contribution in [0.25, 0.3) is 22.6 Å². The summed E-state index contributed by atoms with van der Waals surface area (Å²) in [5.74, 6) is -0.0897. The van der Waals surface area contributed by atoms with Gasteiger partial charge in [-0.3, -0.25) is 4.79 Å². The molecule has 2 aromatic carbocycles. The van der Waals surface area contributed by atoms with E-state index in [0.29, 0.717) is 17.1 Å². The number of hydrogen-bond donors (Lipinski definition) is 1. The lowest BCUT2D eigenvalue weighted by atomic mass is 10.1. The number of aryl methyl sites for hydroxylation is 1. The van der Waals surface area contributed by atoms with Crippen molar-refractivity contribution in [3.05, 3.63) is 77.6 Å². The summed E-state index contributed by atoms with van der Waals surface area (Å²) in [6.07, 6.45) is 0. The third-order valence-electron chi connectivity index (χ3n) is 4.31. The molecule has 29 heavy (non-hydrogen) atoms. The number of nitrogens with one attached hydrogen (secondary N) is 1. The van der Waals surface area contributed by atoms with Gasteiger partial charge in [-0.1, -0.05) is 34.1 Å². The number of rotatable bonds is 5. The summed E-state index contributed by atoms with van der Waals surface area (Å²) in [6.45, 7) is 3.70. The van der Waals surface area contributed by atoms with Gasteiger partial charge in [0.1, 0.15) is 17.6 Å². The van der Waals surface area contributed by atoms with Gasteiger partial charge < -0.3 is 14.4 Å². The molecular weight excluding hydrogens is 375 g/mol. The first kappa shape index (κ1) is 18.5. The molecule has 0 fully saturated rings. The van der Waals surface area contributed by atoms with Crippen LogP contribution in [0.2, 0.25) is 0 Å². The topological polar surface area (TPSA) is 94.1 Å². The van der Waals surface area contributed by atoms with Crippen molar-refractivity contribution in [1.82, 2.24) is 20.6 Å². The highest BCUT2D eigenvalue weighted by Gasteiger charge is 2.21. The number of aromatic nitrogens is 3. The molecule has 2 heterocycles. The fourth-order valence-electron chi connectivity index (χ4n) is 2.78. The summed E-state index contributed by atoms with van der Waals surface area (Å²) in [7, 11) is 0. The molecule has 146 valence electrons. The largest absolute Gasteiger partial charge is 0.350 e. The van der Waals surface area contributed by atoms with Crippen molar-refractivity contribution in [3.63, 3.8) is 0 Å². The van der Waals surface area contributed by atoms with E-state index in [-0.39, 0.29) is 17.5 Å². The zero-order valence-corrected chi connectivity index (χ0v) is 15.7. The van der Waals surface area contributed by atoms with E-state index in [1.165, 1.54) is 18.2 Å². The van der Waals surface area contributed by atoms with E-state index in [9.17, 15) is 9.18 Å². The predicted molar refractivity (Wildman–Crippen MR) is 102 cm³/mol. The van der Waals surface area contributed by atoms with Crippen LogP contribution in [-0.4, -0.2) is 21.2 Å². The second-order valence-electron chi connectivity index (χ2n) is 6.60. The zero-order chi connectivity index (χ0) is 20.4. The van der Waals surface area contributed by atoms with Crippen LogP contribution in [0.5, 0.6) is 0 Å². The molecular formula is C21H17FN4O3. The Kier molecular flexibility index (Phi) is 4.90. The number of benzene rings is 2.